The summed E-state index contributed by atoms with van der Waals surface area (Å²) in [7, 11) is 3.01. The zero-order valence-corrected chi connectivity index (χ0v) is 13.9. The minimum Gasteiger partial charge on any atom is -0.469 e. The Morgan fingerprint density at radius 1 is 1.30 bits per heavy atom. The van der Waals surface area contributed by atoms with Gasteiger partial charge in [0.2, 0.25) is 0 Å². The molecule has 5 nitrogen and oxygen atoms in total. The van der Waals surface area contributed by atoms with Crippen LogP contribution in [0.3, 0.4) is 0 Å². The van der Waals surface area contributed by atoms with Crippen LogP contribution in [0.1, 0.15) is 31.7 Å². The predicted octanol–water partition coefficient (Wildman–Crippen LogP) is 1.78. The third kappa shape index (κ3) is 3.15. The van der Waals surface area contributed by atoms with Crippen molar-refractivity contribution < 1.29 is 19.4 Å². The highest BCUT2D eigenvalue weighted by Gasteiger charge is 2.51. The van der Waals surface area contributed by atoms with Crippen LogP contribution in [-0.2, 0) is 14.3 Å². The van der Waals surface area contributed by atoms with Crippen LogP contribution in [0.4, 0.5) is 0 Å². The Balaban J connectivity index is 2.72. The number of carbonyl (C=O) groups is 2. The SMILES string of the molecule is CNC1=C(C(C)=O)[C@H](c2ccccc2)C(C(=O)OC)[C@@](C)(O)C1. The lowest BCUT2D eigenvalue weighted by Crippen LogP contribution is -2.49. The Morgan fingerprint density at radius 3 is 2.39 bits per heavy atom. The standard InChI is InChI=1S/C18H23NO4/c1-11(20)14-13(19-3)10-18(2,22)16(17(21)23-4)15(14)12-8-6-5-7-9-12/h5-9,15-16,19,22H,10H2,1-4H3/t15-,16?,18-/m0/s1. The van der Waals surface area contributed by atoms with Crippen molar-refractivity contribution in [2.24, 2.45) is 5.92 Å². The minimum absolute atomic E-state index is 0.118. The quantitative estimate of drug-likeness (QED) is 0.828. The van der Waals surface area contributed by atoms with Gasteiger partial charge in [0, 0.05) is 30.7 Å². The van der Waals surface area contributed by atoms with E-state index in [1.807, 2.05) is 30.3 Å². The monoisotopic (exact) mass is 317 g/mol. The lowest BCUT2D eigenvalue weighted by Gasteiger charge is -2.42. The van der Waals surface area contributed by atoms with E-state index in [4.69, 9.17) is 4.74 Å². The number of benzene rings is 1. The van der Waals surface area contributed by atoms with E-state index in [0.29, 0.717) is 11.3 Å². The van der Waals surface area contributed by atoms with Crippen molar-refractivity contribution in [3.63, 3.8) is 0 Å². The van der Waals surface area contributed by atoms with E-state index in [-0.39, 0.29) is 12.2 Å². The zero-order valence-electron chi connectivity index (χ0n) is 13.9. The average molecular weight is 317 g/mol. The van der Waals surface area contributed by atoms with Crippen LogP contribution in [0.5, 0.6) is 0 Å². The molecule has 0 aliphatic heterocycles. The summed E-state index contributed by atoms with van der Waals surface area (Å²) < 4.78 is 4.92. The summed E-state index contributed by atoms with van der Waals surface area (Å²) in [5.74, 6) is -2.02. The second-order valence-electron chi connectivity index (χ2n) is 6.12. The third-order valence-electron chi connectivity index (χ3n) is 4.47. The number of methoxy groups -OCH3 is 1. The van der Waals surface area contributed by atoms with Gasteiger partial charge >= 0.3 is 5.97 Å². The van der Waals surface area contributed by atoms with Crippen LogP contribution >= 0.6 is 0 Å². The second-order valence-corrected chi connectivity index (χ2v) is 6.12. The van der Waals surface area contributed by atoms with Crippen LogP contribution in [-0.4, -0.2) is 36.6 Å². The first kappa shape index (κ1) is 17.2. The Kier molecular flexibility index (Phi) is 4.90. The summed E-state index contributed by atoms with van der Waals surface area (Å²) in [5, 5.41) is 13.9. The van der Waals surface area contributed by atoms with Gasteiger partial charge in [-0.1, -0.05) is 30.3 Å². The maximum atomic E-state index is 12.4. The number of aliphatic hydroxyl groups is 1. The molecule has 0 radical (unpaired) electrons. The van der Waals surface area contributed by atoms with Crippen LogP contribution in [0.2, 0.25) is 0 Å². The van der Waals surface area contributed by atoms with Crippen molar-refractivity contribution in [2.45, 2.75) is 31.8 Å². The van der Waals surface area contributed by atoms with E-state index >= 15 is 0 Å². The maximum Gasteiger partial charge on any atom is 0.312 e. The first-order valence-electron chi connectivity index (χ1n) is 7.60. The Morgan fingerprint density at radius 2 is 1.91 bits per heavy atom. The molecule has 124 valence electrons. The summed E-state index contributed by atoms with van der Waals surface area (Å²) in [5.41, 5.74) is 0.684. The fourth-order valence-electron chi connectivity index (χ4n) is 3.47. The van der Waals surface area contributed by atoms with Crippen LogP contribution < -0.4 is 5.32 Å². The molecule has 1 aliphatic rings. The molecule has 1 unspecified atom stereocenters. The molecule has 0 saturated heterocycles. The molecule has 1 aliphatic carbocycles. The Hall–Kier alpha value is -2.14. The first-order valence-corrected chi connectivity index (χ1v) is 7.60. The van der Waals surface area contributed by atoms with E-state index in [9.17, 15) is 14.7 Å². The van der Waals surface area contributed by atoms with Gasteiger partial charge in [0.15, 0.2) is 5.78 Å². The molecule has 0 saturated carbocycles. The molecule has 3 atom stereocenters. The van der Waals surface area contributed by atoms with Crippen molar-refractivity contribution >= 4 is 11.8 Å². The molecule has 0 fully saturated rings. The normalized spacial score (nSPS) is 27.5. The topological polar surface area (TPSA) is 75.6 Å². The van der Waals surface area contributed by atoms with Crippen LogP contribution in [0.25, 0.3) is 0 Å². The van der Waals surface area contributed by atoms with E-state index in [0.717, 1.165) is 5.56 Å². The van der Waals surface area contributed by atoms with E-state index in [2.05, 4.69) is 5.32 Å². The van der Waals surface area contributed by atoms with Crippen LogP contribution in [0.15, 0.2) is 41.6 Å². The van der Waals surface area contributed by atoms with Gasteiger partial charge < -0.3 is 15.2 Å². The summed E-state index contributed by atoms with van der Waals surface area (Å²) >= 11 is 0. The van der Waals surface area contributed by atoms with E-state index in [1.165, 1.54) is 14.0 Å². The zero-order chi connectivity index (χ0) is 17.2. The minimum atomic E-state index is -1.31. The fourth-order valence-corrected chi connectivity index (χ4v) is 3.47. The molecule has 0 aromatic heterocycles. The Labute approximate surface area is 136 Å². The molecule has 2 N–H and O–H groups in total. The van der Waals surface area contributed by atoms with Gasteiger partial charge in [-0.05, 0) is 19.4 Å². The van der Waals surface area contributed by atoms with Crippen molar-refractivity contribution in [1.82, 2.24) is 5.32 Å². The van der Waals surface area contributed by atoms with Crippen molar-refractivity contribution in [3.05, 3.63) is 47.2 Å². The maximum absolute atomic E-state index is 12.4. The number of carbonyl (C=O) groups excluding carboxylic acids is 2. The number of esters is 1. The van der Waals surface area contributed by atoms with Gasteiger partial charge in [-0.3, -0.25) is 9.59 Å². The molecule has 0 amide bonds. The van der Waals surface area contributed by atoms with E-state index in [1.54, 1.807) is 14.0 Å². The molecule has 1 aromatic rings. The number of hydrogen-bond donors (Lipinski definition) is 2. The number of rotatable bonds is 4. The lowest BCUT2D eigenvalue weighted by molar-refractivity contribution is -0.156. The second kappa shape index (κ2) is 6.54. The smallest absolute Gasteiger partial charge is 0.312 e. The molecule has 1 aromatic carbocycles. The molecule has 2 rings (SSSR count). The number of hydrogen-bond acceptors (Lipinski definition) is 5. The first-order chi connectivity index (χ1) is 10.8. The molecular weight excluding hydrogens is 294 g/mol. The van der Waals surface area contributed by atoms with Crippen molar-refractivity contribution in [2.75, 3.05) is 14.2 Å². The molecule has 0 heterocycles. The van der Waals surface area contributed by atoms with Gasteiger partial charge in [0.25, 0.3) is 0 Å². The highest BCUT2D eigenvalue weighted by Crippen LogP contribution is 2.46. The number of allylic oxidation sites excluding steroid dienone is 1. The van der Waals surface area contributed by atoms with Crippen molar-refractivity contribution in [3.8, 4) is 0 Å². The fraction of sp³-hybridized carbons (Fsp3) is 0.444. The van der Waals surface area contributed by atoms with Crippen LogP contribution in [0, 0.1) is 5.92 Å². The molecular formula is C18H23NO4. The summed E-state index contributed by atoms with van der Waals surface area (Å²) in [6, 6.07) is 9.29. The number of Topliss-reactive ketones (excluding diaryl/α,β-unsaturated/α-hetero) is 1. The van der Waals surface area contributed by atoms with E-state index < -0.39 is 23.4 Å². The third-order valence-corrected chi connectivity index (χ3v) is 4.47. The number of nitrogens with one attached hydrogen (secondary N) is 1. The van der Waals surface area contributed by atoms with Gasteiger partial charge in [0.1, 0.15) is 0 Å². The summed E-state index contributed by atoms with van der Waals surface area (Å²) in [4.78, 5) is 24.7. The average Bonchev–Trinajstić information content (AvgIpc) is 2.52. The predicted molar refractivity (Wildman–Crippen MR) is 86.7 cm³/mol. The van der Waals surface area contributed by atoms with Gasteiger partial charge in [-0.15, -0.1) is 0 Å². The highest BCUT2D eigenvalue weighted by atomic mass is 16.5. The summed E-state index contributed by atoms with van der Waals surface area (Å²) in [6.07, 6.45) is 0.196. The molecule has 0 spiro atoms. The number of ether oxygens (including phenoxy) is 1. The van der Waals surface area contributed by atoms with Gasteiger partial charge in [0.05, 0.1) is 18.6 Å². The number of ketones is 1. The highest BCUT2D eigenvalue weighted by molar-refractivity contribution is 5.97. The van der Waals surface area contributed by atoms with Gasteiger partial charge in [-0.2, -0.15) is 0 Å². The summed E-state index contributed by atoms with van der Waals surface area (Å²) in [6.45, 7) is 3.09. The van der Waals surface area contributed by atoms with Crippen molar-refractivity contribution in [1.29, 1.82) is 0 Å². The molecule has 23 heavy (non-hydrogen) atoms. The molecule has 5 heteroatoms. The lowest BCUT2D eigenvalue weighted by atomic mass is 9.65. The largest absolute Gasteiger partial charge is 0.469 e. The van der Waals surface area contributed by atoms with Gasteiger partial charge in [-0.25, -0.2) is 0 Å². The Bertz CT molecular complexity index is 634. The molecule has 0 bridgehead atoms.